The number of amides is 2. The molecule has 2 aromatic rings. The fourth-order valence-corrected chi connectivity index (χ4v) is 4.87. The Hall–Kier alpha value is -1.79. The summed E-state index contributed by atoms with van der Waals surface area (Å²) in [6.45, 7) is 1.70. The first-order valence-electron chi connectivity index (χ1n) is 10.8. The molecule has 1 aliphatic heterocycles. The molecule has 2 aliphatic rings. The highest BCUT2D eigenvalue weighted by atomic mass is 35.5. The first kappa shape index (κ1) is 23.4. The first-order chi connectivity index (χ1) is 15.4. The first-order valence-corrected chi connectivity index (χ1v) is 11.9. The summed E-state index contributed by atoms with van der Waals surface area (Å²) < 4.78 is 5.77. The summed E-state index contributed by atoms with van der Waals surface area (Å²) in [6.07, 6.45) is 3.65. The quantitative estimate of drug-likeness (QED) is 0.536. The van der Waals surface area contributed by atoms with Crippen LogP contribution in [0.25, 0.3) is 0 Å². The van der Waals surface area contributed by atoms with Crippen LogP contribution in [-0.4, -0.2) is 42.5 Å². The molecule has 1 aliphatic carbocycles. The third kappa shape index (κ3) is 5.07. The number of nitrogens with one attached hydrogen (secondary N) is 1. The maximum atomic E-state index is 13.3. The van der Waals surface area contributed by atoms with E-state index in [1.165, 1.54) is 0 Å². The molecule has 1 saturated carbocycles. The maximum Gasteiger partial charge on any atom is 0.255 e. The van der Waals surface area contributed by atoms with E-state index in [2.05, 4.69) is 5.32 Å². The second kappa shape index (κ2) is 10.0. The molecule has 0 spiro atoms. The number of carbonyl (C=O) groups excluding carboxylic acids is 2. The molecular weight excluding hydrogens is 471 g/mol. The summed E-state index contributed by atoms with van der Waals surface area (Å²) in [5.41, 5.74) is 0.813. The van der Waals surface area contributed by atoms with Crippen LogP contribution >= 0.6 is 34.8 Å². The molecule has 32 heavy (non-hydrogen) atoms. The van der Waals surface area contributed by atoms with Gasteiger partial charge in [-0.2, -0.15) is 0 Å². The number of carbonyl (C=O) groups is 2. The fourth-order valence-electron chi connectivity index (χ4n) is 4.27. The van der Waals surface area contributed by atoms with E-state index in [1.807, 2.05) is 18.2 Å². The number of hydrogen-bond donors (Lipinski definition) is 1. The van der Waals surface area contributed by atoms with Gasteiger partial charge < -0.3 is 15.0 Å². The van der Waals surface area contributed by atoms with Crippen molar-refractivity contribution in [1.29, 1.82) is 0 Å². The summed E-state index contributed by atoms with van der Waals surface area (Å²) in [4.78, 5) is 27.9. The second-order valence-electron chi connectivity index (χ2n) is 8.37. The molecule has 4 rings (SSSR count). The average Bonchev–Trinajstić information content (AvgIpc) is 3.40. The summed E-state index contributed by atoms with van der Waals surface area (Å²) >= 11 is 18.5. The molecule has 2 aromatic carbocycles. The van der Waals surface area contributed by atoms with Crippen LogP contribution in [0.2, 0.25) is 15.1 Å². The van der Waals surface area contributed by atoms with Crippen LogP contribution in [0.3, 0.4) is 0 Å². The Bertz CT molecular complexity index is 1000. The fraction of sp³-hybridized carbons (Fsp3) is 0.417. The van der Waals surface area contributed by atoms with Crippen molar-refractivity contribution in [3.8, 4) is 0 Å². The molecule has 0 aromatic heterocycles. The van der Waals surface area contributed by atoms with Gasteiger partial charge in [0.05, 0.1) is 27.1 Å². The number of nitrogens with zero attached hydrogens (tertiary/aromatic N) is 1. The third-order valence-electron chi connectivity index (χ3n) is 6.19. The van der Waals surface area contributed by atoms with Crippen molar-refractivity contribution < 1.29 is 14.3 Å². The van der Waals surface area contributed by atoms with Gasteiger partial charge in [-0.15, -0.1) is 0 Å². The van der Waals surface area contributed by atoms with Gasteiger partial charge >= 0.3 is 0 Å². The molecular formula is C24H25Cl3N2O3. The van der Waals surface area contributed by atoms with Crippen molar-refractivity contribution in [2.45, 2.75) is 38.3 Å². The largest absolute Gasteiger partial charge is 0.377 e. The van der Waals surface area contributed by atoms with Crippen molar-refractivity contribution in [2.24, 2.45) is 5.41 Å². The second-order valence-corrected chi connectivity index (χ2v) is 9.59. The van der Waals surface area contributed by atoms with E-state index in [4.69, 9.17) is 39.5 Å². The number of ether oxygens (including phenoxy) is 1. The normalized spacial score (nSPS) is 18.9. The highest BCUT2D eigenvalue weighted by Gasteiger charge is 2.56. The molecule has 0 radical (unpaired) electrons. The molecule has 0 bridgehead atoms. The zero-order chi connectivity index (χ0) is 22.7. The van der Waals surface area contributed by atoms with E-state index in [-0.39, 0.29) is 22.9 Å². The van der Waals surface area contributed by atoms with Crippen LogP contribution in [0.15, 0.2) is 42.5 Å². The molecule has 170 valence electrons. The zero-order valence-electron chi connectivity index (χ0n) is 17.6. The van der Waals surface area contributed by atoms with Gasteiger partial charge in [-0.1, -0.05) is 53.0 Å². The Balaban J connectivity index is 1.46. The minimum Gasteiger partial charge on any atom is -0.377 e. The van der Waals surface area contributed by atoms with Gasteiger partial charge in [-0.05, 0) is 55.5 Å². The van der Waals surface area contributed by atoms with Crippen molar-refractivity contribution in [3.05, 3.63) is 68.7 Å². The maximum absolute atomic E-state index is 13.3. The number of halogens is 3. The highest BCUT2D eigenvalue weighted by Crippen LogP contribution is 2.52. The molecule has 2 fully saturated rings. The Morgan fingerprint density at radius 3 is 2.59 bits per heavy atom. The van der Waals surface area contributed by atoms with Gasteiger partial charge in [0.2, 0.25) is 5.91 Å². The lowest BCUT2D eigenvalue weighted by atomic mass is 9.95. The van der Waals surface area contributed by atoms with Crippen LogP contribution in [0.5, 0.6) is 0 Å². The predicted octanol–water partition coefficient (Wildman–Crippen LogP) is 5.36. The number of benzene rings is 2. The van der Waals surface area contributed by atoms with Crippen LogP contribution in [-0.2, 0) is 16.1 Å². The standard InChI is InChI=1S/C24H25Cl3N2O3/c25-17-5-1-4-16(14-17)15-29(22(30)18-6-2-7-19(26)21(18)27)12-11-28-23(31)24(9-10-24)20-8-3-13-32-20/h1-2,4-7,14,20H,3,8-13,15H2,(H,28,31). The monoisotopic (exact) mass is 494 g/mol. The summed E-state index contributed by atoms with van der Waals surface area (Å²) in [6, 6.07) is 12.3. The smallest absolute Gasteiger partial charge is 0.255 e. The van der Waals surface area contributed by atoms with E-state index in [0.717, 1.165) is 37.9 Å². The summed E-state index contributed by atoms with van der Waals surface area (Å²) in [5, 5.41) is 4.16. The van der Waals surface area contributed by atoms with Crippen LogP contribution in [0.4, 0.5) is 0 Å². The predicted molar refractivity (Wildman–Crippen MR) is 126 cm³/mol. The molecule has 1 unspecified atom stereocenters. The number of rotatable bonds is 8. The average molecular weight is 496 g/mol. The van der Waals surface area contributed by atoms with E-state index in [0.29, 0.717) is 35.2 Å². The molecule has 1 N–H and O–H groups in total. The minimum absolute atomic E-state index is 0.0111. The Morgan fingerprint density at radius 2 is 1.91 bits per heavy atom. The SMILES string of the molecule is O=C(c1cccc(Cl)c1Cl)N(CCNC(=O)C1(C2CCCO2)CC1)Cc1cccc(Cl)c1. The molecule has 1 atom stereocenters. The van der Waals surface area contributed by atoms with Crippen molar-refractivity contribution in [3.63, 3.8) is 0 Å². The van der Waals surface area contributed by atoms with Gasteiger partial charge in [0, 0.05) is 31.3 Å². The van der Waals surface area contributed by atoms with E-state index in [9.17, 15) is 9.59 Å². The summed E-state index contributed by atoms with van der Waals surface area (Å²) in [5.74, 6) is -0.243. The molecule has 2 amide bonds. The van der Waals surface area contributed by atoms with E-state index in [1.54, 1.807) is 29.2 Å². The highest BCUT2D eigenvalue weighted by molar-refractivity contribution is 6.43. The van der Waals surface area contributed by atoms with Gasteiger partial charge in [-0.3, -0.25) is 9.59 Å². The van der Waals surface area contributed by atoms with Gasteiger partial charge in [0.25, 0.3) is 5.91 Å². The lowest BCUT2D eigenvalue weighted by Crippen LogP contribution is -2.43. The molecule has 1 saturated heterocycles. The molecule has 5 nitrogen and oxygen atoms in total. The summed E-state index contributed by atoms with van der Waals surface area (Å²) in [7, 11) is 0. The lowest BCUT2D eigenvalue weighted by molar-refractivity contribution is -0.131. The zero-order valence-corrected chi connectivity index (χ0v) is 19.8. The van der Waals surface area contributed by atoms with Crippen molar-refractivity contribution >= 4 is 46.6 Å². The topological polar surface area (TPSA) is 58.6 Å². The Morgan fingerprint density at radius 1 is 1.12 bits per heavy atom. The van der Waals surface area contributed by atoms with Gasteiger partial charge in [0.15, 0.2) is 0 Å². The van der Waals surface area contributed by atoms with E-state index < -0.39 is 5.41 Å². The molecule has 1 heterocycles. The van der Waals surface area contributed by atoms with Gasteiger partial charge in [-0.25, -0.2) is 0 Å². The molecule has 8 heteroatoms. The lowest BCUT2D eigenvalue weighted by Gasteiger charge is -2.25. The third-order valence-corrected chi connectivity index (χ3v) is 7.24. The van der Waals surface area contributed by atoms with Crippen molar-refractivity contribution in [1.82, 2.24) is 10.2 Å². The Labute approximate surface area is 203 Å². The Kier molecular flexibility index (Phi) is 7.30. The van der Waals surface area contributed by atoms with Crippen LogP contribution in [0.1, 0.15) is 41.6 Å². The minimum atomic E-state index is -0.394. The van der Waals surface area contributed by atoms with Crippen molar-refractivity contribution in [2.75, 3.05) is 19.7 Å². The van der Waals surface area contributed by atoms with E-state index >= 15 is 0 Å². The van der Waals surface area contributed by atoms with Crippen LogP contribution in [0, 0.1) is 5.41 Å². The van der Waals surface area contributed by atoms with Crippen LogP contribution < -0.4 is 5.32 Å². The number of hydrogen-bond acceptors (Lipinski definition) is 3. The van der Waals surface area contributed by atoms with Gasteiger partial charge in [0.1, 0.15) is 0 Å².